The van der Waals surface area contributed by atoms with Crippen molar-refractivity contribution in [3.05, 3.63) is 29.3 Å². The molecule has 0 unspecified atom stereocenters. The molecule has 0 fully saturated rings. The van der Waals surface area contributed by atoms with E-state index < -0.39 is 9.84 Å². The Morgan fingerprint density at radius 2 is 2.12 bits per heavy atom. The van der Waals surface area contributed by atoms with E-state index in [-0.39, 0.29) is 0 Å². The fourth-order valence-electron chi connectivity index (χ4n) is 2.16. The molecule has 0 radical (unpaired) electrons. The maximum absolute atomic E-state index is 11.8. The molecule has 0 amide bonds. The smallest absolute Gasteiger partial charge is 0.178 e. The molecule has 1 aromatic carbocycles. The van der Waals surface area contributed by atoms with Crippen LogP contribution in [0.3, 0.4) is 0 Å². The Labute approximate surface area is 96.6 Å². The van der Waals surface area contributed by atoms with E-state index in [9.17, 15) is 8.42 Å². The summed E-state index contributed by atoms with van der Waals surface area (Å²) >= 11 is 0. The van der Waals surface area contributed by atoms with Gasteiger partial charge in [0.25, 0.3) is 0 Å². The summed E-state index contributed by atoms with van der Waals surface area (Å²) in [6.45, 7) is 0.676. The third-order valence-electron chi connectivity index (χ3n) is 2.99. The molecular weight excluding hydrogens is 222 g/mol. The lowest BCUT2D eigenvalue weighted by Crippen LogP contribution is -2.16. The van der Waals surface area contributed by atoms with E-state index in [1.807, 2.05) is 12.1 Å². The van der Waals surface area contributed by atoms with Crippen LogP contribution in [0, 0.1) is 0 Å². The normalized spacial score (nSPS) is 18.1. The Morgan fingerprint density at radius 3 is 2.88 bits per heavy atom. The first-order chi connectivity index (χ1) is 7.63. The lowest BCUT2D eigenvalue weighted by molar-refractivity contribution is 0.586. The summed E-state index contributed by atoms with van der Waals surface area (Å²) in [5.74, 6) is 0.294. The van der Waals surface area contributed by atoms with Crippen LogP contribution >= 0.6 is 0 Å². The van der Waals surface area contributed by atoms with Gasteiger partial charge in [0.2, 0.25) is 0 Å². The standard InChI is InChI=1S/C12H17NO2S/c13-7-1-3-10-5-6-12-11(9-10)4-2-8-16(12,14)15/h5-6,9H,1-4,7-8,13H2. The van der Waals surface area contributed by atoms with E-state index in [0.29, 0.717) is 17.2 Å². The summed E-state index contributed by atoms with van der Waals surface area (Å²) in [5.41, 5.74) is 7.64. The highest BCUT2D eigenvalue weighted by Crippen LogP contribution is 2.26. The highest BCUT2D eigenvalue weighted by atomic mass is 32.2. The average Bonchev–Trinajstić information content (AvgIpc) is 2.25. The minimum Gasteiger partial charge on any atom is -0.330 e. The van der Waals surface area contributed by atoms with Crippen LogP contribution in [0.5, 0.6) is 0 Å². The van der Waals surface area contributed by atoms with E-state index in [0.717, 1.165) is 31.2 Å². The molecule has 88 valence electrons. The van der Waals surface area contributed by atoms with Gasteiger partial charge in [-0.15, -0.1) is 0 Å². The van der Waals surface area contributed by atoms with Crippen LogP contribution in [-0.2, 0) is 22.7 Å². The Kier molecular flexibility index (Phi) is 3.30. The van der Waals surface area contributed by atoms with Gasteiger partial charge < -0.3 is 5.73 Å². The van der Waals surface area contributed by atoms with Crippen LogP contribution in [0.15, 0.2) is 23.1 Å². The molecule has 1 heterocycles. The predicted octanol–water partition coefficient (Wildman–Crippen LogP) is 1.30. The third kappa shape index (κ3) is 2.28. The SMILES string of the molecule is NCCCc1ccc2c(c1)CCCS2(=O)=O. The van der Waals surface area contributed by atoms with Gasteiger partial charge >= 0.3 is 0 Å². The summed E-state index contributed by atoms with van der Waals surface area (Å²) in [6, 6.07) is 5.70. The van der Waals surface area contributed by atoms with E-state index >= 15 is 0 Å². The summed E-state index contributed by atoms with van der Waals surface area (Å²) < 4.78 is 23.6. The fraction of sp³-hybridized carbons (Fsp3) is 0.500. The molecule has 0 aromatic heterocycles. The van der Waals surface area contributed by atoms with Crippen LogP contribution in [0.2, 0.25) is 0 Å². The maximum atomic E-state index is 11.8. The number of fused-ring (bicyclic) bond motifs is 1. The summed E-state index contributed by atoms with van der Waals surface area (Å²) in [4.78, 5) is 0.537. The molecule has 3 nitrogen and oxygen atoms in total. The lowest BCUT2D eigenvalue weighted by Gasteiger charge is -2.17. The second-order valence-electron chi connectivity index (χ2n) is 4.26. The number of rotatable bonds is 3. The topological polar surface area (TPSA) is 60.2 Å². The van der Waals surface area contributed by atoms with Crippen molar-refractivity contribution < 1.29 is 8.42 Å². The number of benzene rings is 1. The molecule has 1 aliphatic rings. The van der Waals surface area contributed by atoms with Crippen molar-refractivity contribution in [3.8, 4) is 0 Å². The van der Waals surface area contributed by atoms with E-state index in [1.165, 1.54) is 5.56 Å². The van der Waals surface area contributed by atoms with Crippen LogP contribution in [0.25, 0.3) is 0 Å². The van der Waals surface area contributed by atoms with Crippen molar-refractivity contribution in [3.63, 3.8) is 0 Å². The molecular formula is C12H17NO2S. The van der Waals surface area contributed by atoms with Crippen LogP contribution < -0.4 is 5.73 Å². The molecule has 2 N–H and O–H groups in total. The van der Waals surface area contributed by atoms with E-state index in [2.05, 4.69) is 0 Å². The van der Waals surface area contributed by atoms with Gasteiger partial charge in [0.1, 0.15) is 0 Å². The first-order valence-corrected chi connectivity index (χ1v) is 7.33. The van der Waals surface area contributed by atoms with Gasteiger partial charge in [-0.25, -0.2) is 8.42 Å². The van der Waals surface area contributed by atoms with Gasteiger partial charge in [0, 0.05) is 0 Å². The third-order valence-corrected chi connectivity index (χ3v) is 4.88. The zero-order chi connectivity index (χ0) is 11.6. The zero-order valence-corrected chi connectivity index (χ0v) is 10.1. The molecule has 2 rings (SSSR count). The quantitative estimate of drug-likeness (QED) is 0.865. The second kappa shape index (κ2) is 4.55. The largest absolute Gasteiger partial charge is 0.330 e. The number of nitrogens with two attached hydrogens (primary N) is 1. The predicted molar refractivity (Wildman–Crippen MR) is 64.2 cm³/mol. The second-order valence-corrected chi connectivity index (χ2v) is 6.33. The maximum Gasteiger partial charge on any atom is 0.178 e. The Balaban J connectivity index is 2.32. The molecule has 0 spiro atoms. The zero-order valence-electron chi connectivity index (χ0n) is 9.28. The molecule has 0 bridgehead atoms. The van der Waals surface area contributed by atoms with Crippen molar-refractivity contribution >= 4 is 9.84 Å². The van der Waals surface area contributed by atoms with Crippen molar-refractivity contribution in [1.29, 1.82) is 0 Å². The fourth-order valence-corrected chi connectivity index (χ4v) is 3.74. The number of hydrogen-bond acceptors (Lipinski definition) is 3. The van der Waals surface area contributed by atoms with Gasteiger partial charge in [-0.3, -0.25) is 0 Å². The van der Waals surface area contributed by atoms with Crippen LogP contribution in [-0.4, -0.2) is 20.7 Å². The van der Waals surface area contributed by atoms with Crippen molar-refractivity contribution in [1.82, 2.24) is 0 Å². The molecule has 1 aromatic rings. The van der Waals surface area contributed by atoms with E-state index in [4.69, 9.17) is 5.73 Å². The highest BCUT2D eigenvalue weighted by molar-refractivity contribution is 7.91. The minimum atomic E-state index is -3.00. The van der Waals surface area contributed by atoms with Crippen molar-refractivity contribution in [2.24, 2.45) is 5.73 Å². The molecule has 16 heavy (non-hydrogen) atoms. The van der Waals surface area contributed by atoms with Gasteiger partial charge in [-0.05, 0) is 49.4 Å². The van der Waals surface area contributed by atoms with E-state index in [1.54, 1.807) is 6.07 Å². The van der Waals surface area contributed by atoms with Gasteiger partial charge in [-0.2, -0.15) is 0 Å². The molecule has 0 saturated heterocycles. The number of aryl methyl sites for hydroxylation is 2. The summed E-state index contributed by atoms with van der Waals surface area (Å²) in [5, 5.41) is 0. The number of hydrogen-bond donors (Lipinski definition) is 1. The first-order valence-electron chi connectivity index (χ1n) is 5.68. The summed E-state index contributed by atoms with van der Waals surface area (Å²) in [6.07, 6.45) is 3.51. The monoisotopic (exact) mass is 239 g/mol. The Bertz CT molecular complexity index is 480. The first kappa shape index (κ1) is 11.6. The van der Waals surface area contributed by atoms with Crippen molar-refractivity contribution in [2.75, 3.05) is 12.3 Å². The molecule has 0 saturated carbocycles. The van der Waals surface area contributed by atoms with Gasteiger partial charge in [-0.1, -0.05) is 12.1 Å². The Morgan fingerprint density at radius 1 is 1.31 bits per heavy atom. The van der Waals surface area contributed by atoms with Gasteiger partial charge in [0.15, 0.2) is 9.84 Å². The Hall–Kier alpha value is -0.870. The summed E-state index contributed by atoms with van der Waals surface area (Å²) in [7, 11) is -3.00. The molecule has 1 aliphatic heterocycles. The van der Waals surface area contributed by atoms with Crippen LogP contribution in [0.4, 0.5) is 0 Å². The molecule has 0 atom stereocenters. The van der Waals surface area contributed by atoms with Crippen LogP contribution in [0.1, 0.15) is 24.0 Å². The molecule has 4 heteroatoms. The molecule has 0 aliphatic carbocycles. The average molecular weight is 239 g/mol. The van der Waals surface area contributed by atoms with Crippen molar-refractivity contribution in [2.45, 2.75) is 30.6 Å². The minimum absolute atomic E-state index is 0.294. The lowest BCUT2D eigenvalue weighted by atomic mass is 10.0. The number of sulfone groups is 1. The van der Waals surface area contributed by atoms with Gasteiger partial charge in [0.05, 0.1) is 10.6 Å². The highest BCUT2D eigenvalue weighted by Gasteiger charge is 2.23.